The van der Waals surface area contributed by atoms with E-state index in [4.69, 9.17) is 9.84 Å². The van der Waals surface area contributed by atoms with Crippen molar-refractivity contribution in [2.75, 3.05) is 0 Å². The van der Waals surface area contributed by atoms with Gasteiger partial charge in [0.1, 0.15) is 5.60 Å². The number of rotatable bonds is 1. The zero-order chi connectivity index (χ0) is 11.6. The average molecular weight is 276 g/mol. The first-order valence-corrected chi connectivity index (χ1v) is 5.35. The van der Waals surface area contributed by atoms with Crippen molar-refractivity contribution >= 4 is 22.0 Å². The first-order valence-electron chi connectivity index (χ1n) is 4.55. The summed E-state index contributed by atoms with van der Waals surface area (Å²) in [7, 11) is 0. The topological polar surface area (TPSA) is 51.5 Å². The van der Waals surface area contributed by atoms with Gasteiger partial charge in [0.25, 0.3) is 0 Å². The molecule has 0 radical (unpaired) electrons. The standard InChI is InChI=1S/C10H14BrNO3/c1-10(2,3)15-9(14)12-7(6-13)4-5-8(12)11/h4-5,13H,6H2,1-3H3. The van der Waals surface area contributed by atoms with Crippen LogP contribution in [0.25, 0.3) is 0 Å². The number of hydrogen-bond acceptors (Lipinski definition) is 3. The molecule has 0 atom stereocenters. The minimum atomic E-state index is -0.548. The summed E-state index contributed by atoms with van der Waals surface area (Å²) in [5.74, 6) is 0. The van der Waals surface area contributed by atoms with Crippen LogP contribution in [0, 0.1) is 0 Å². The summed E-state index contributed by atoms with van der Waals surface area (Å²) in [6.45, 7) is 5.17. The largest absolute Gasteiger partial charge is 0.443 e. The van der Waals surface area contributed by atoms with Crippen molar-refractivity contribution in [2.45, 2.75) is 33.0 Å². The summed E-state index contributed by atoms with van der Waals surface area (Å²) >= 11 is 3.22. The molecule has 0 fully saturated rings. The number of carbonyl (C=O) groups is 1. The highest BCUT2D eigenvalue weighted by Gasteiger charge is 2.20. The van der Waals surface area contributed by atoms with Crippen molar-refractivity contribution in [2.24, 2.45) is 0 Å². The van der Waals surface area contributed by atoms with E-state index in [1.54, 1.807) is 32.9 Å². The Morgan fingerprint density at radius 3 is 2.60 bits per heavy atom. The van der Waals surface area contributed by atoms with Gasteiger partial charge in [-0.1, -0.05) is 0 Å². The Hall–Kier alpha value is -0.810. The molecule has 0 spiro atoms. The molecule has 4 nitrogen and oxygen atoms in total. The quantitative estimate of drug-likeness (QED) is 0.857. The third-order valence-electron chi connectivity index (χ3n) is 1.65. The van der Waals surface area contributed by atoms with Crippen molar-refractivity contribution in [3.8, 4) is 0 Å². The number of aliphatic hydroxyl groups excluding tert-OH is 1. The number of hydrogen-bond donors (Lipinski definition) is 1. The average Bonchev–Trinajstić information content (AvgIpc) is 2.43. The van der Waals surface area contributed by atoms with Gasteiger partial charge in [0.05, 0.1) is 16.9 Å². The molecule has 0 aromatic carbocycles. The third-order valence-corrected chi connectivity index (χ3v) is 2.27. The van der Waals surface area contributed by atoms with Gasteiger partial charge in [0.15, 0.2) is 0 Å². The van der Waals surface area contributed by atoms with Crippen LogP contribution in [0.4, 0.5) is 4.79 Å². The van der Waals surface area contributed by atoms with Gasteiger partial charge >= 0.3 is 6.09 Å². The molecular formula is C10H14BrNO3. The molecule has 0 aliphatic rings. The molecule has 0 saturated carbocycles. The minimum Gasteiger partial charge on any atom is -0.443 e. The lowest BCUT2D eigenvalue weighted by Gasteiger charge is -2.20. The van der Waals surface area contributed by atoms with E-state index in [1.807, 2.05) is 0 Å². The molecule has 0 saturated heterocycles. The molecule has 0 aliphatic carbocycles. The molecule has 1 aromatic heterocycles. The van der Waals surface area contributed by atoms with Gasteiger partial charge in [0.2, 0.25) is 0 Å². The Morgan fingerprint density at radius 1 is 1.53 bits per heavy atom. The van der Waals surface area contributed by atoms with E-state index in [9.17, 15) is 4.79 Å². The molecule has 5 heteroatoms. The van der Waals surface area contributed by atoms with E-state index in [0.717, 1.165) is 0 Å². The highest BCUT2D eigenvalue weighted by Crippen LogP contribution is 2.18. The lowest BCUT2D eigenvalue weighted by atomic mass is 10.2. The van der Waals surface area contributed by atoms with Gasteiger partial charge in [-0.3, -0.25) is 0 Å². The molecule has 84 valence electrons. The number of nitrogens with zero attached hydrogens (tertiary/aromatic N) is 1. The molecule has 1 N–H and O–H groups in total. The maximum Gasteiger partial charge on any atom is 0.419 e. The predicted molar refractivity (Wildman–Crippen MR) is 59.7 cm³/mol. The Kier molecular flexibility index (Phi) is 3.57. The molecule has 1 heterocycles. The van der Waals surface area contributed by atoms with Crippen LogP contribution >= 0.6 is 15.9 Å². The number of aliphatic hydroxyl groups is 1. The summed E-state index contributed by atoms with van der Waals surface area (Å²) in [4.78, 5) is 11.7. The van der Waals surface area contributed by atoms with Crippen LogP contribution < -0.4 is 0 Å². The number of carbonyl (C=O) groups excluding carboxylic acids is 1. The smallest absolute Gasteiger partial charge is 0.419 e. The highest BCUT2D eigenvalue weighted by atomic mass is 79.9. The molecular weight excluding hydrogens is 262 g/mol. The maximum atomic E-state index is 11.7. The fourth-order valence-corrected chi connectivity index (χ4v) is 1.59. The Bertz CT molecular complexity index is 365. The van der Waals surface area contributed by atoms with E-state index in [-0.39, 0.29) is 6.61 Å². The number of halogens is 1. The van der Waals surface area contributed by atoms with Crippen LogP contribution in [0.5, 0.6) is 0 Å². The Labute approximate surface area is 97.0 Å². The van der Waals surface area contributed by atoms with Gasteiger partial charge in [0, 0.05) is 0 Å². The Morgan fingerprint density at radius 2 is 2.13 bits per heavy atom. The maximum absolute atomic E-state index is 11.7. The van der Waals surface area contributed by atoms with Crippen LogP contribution in [0.1, 0.15) is 26.5 Å². The summed E-state index contributed by atoms with van der Waals surface area (Å²) < 4.78 is 7.06. The summed E-state index contributed by atoms with van der Waals surface area (Å²) in [5, 5.41) is 9.03. The van der Waals surface area contributed by atoms with Gasteiger partial charge in [-0.05, 0) is 48.8 Å². The third kappa shape index (κ3) is 3.07. The van der Waals surface area contributed by atoms with Crippen LogP contribution in [0.15, 0.2) is 16.7 Å². The lowest BCUT2D eigenvalue weighted by Crippen LogP contribution is -2.28. The SMILES string of the molecule is CC(C)(C)OC(=O)n1c(Br)ccc1CO. The monoisotopic (exact) mass is 275 g/mol. The molecule has 1 rings (SSSR count). The zero-order valence-corrected chi connectivity index (χ0v) is 10.5. The summed E-state index contributed by atoms with van der Waals surface area (Å²) in [5.41, 5.74) is -0.0517. The van der Waals surface area contributed by atoms with Crippen LogP contribution in [-0.2, 0) is 11.3 Å². The first-order chi connectivity index (χ1) is 6.85. The summed E-state index contributed by atoms with van der Waals surface area (Å²) in [6.07, 6.45) is -0.497. The minimum absolute atomic E-state index is 0.204. The molecule has 0 unspecified atom stereocenters. The summed E-state index contributed by atoms with van der Waals surface area (Å²) in [6, 6.07) is 3.35. The van der Waals surface area contributed by atoms with Crippen molar-refractivity contribution < 1.29 is 14.6 Å². The van der Waals surface area contributed by atoms with Crippen molar-refractivity contribution in [1.82, 2.24) is 4.57 Å². The molecule has 0 aliphatic heterocycles. The van der Waals surface area contributed by atoms with E-state index in [0.29, 0.717) is 10.3 Å². The fraction of sp³-hybridized carbons (Fsp3) is 0.500. The highest BCUT2D eigenvalue weighted by molar-refractivity contribution is 9.10. The van der Waals surface area contributed by atoms with E-state index in [2.05, 4.69) is 15.9 Å². The second kappa shape index (κ2) is 4.37. The van der Waals surface area contributed by atoms with E-state index in [1.165, 1.54) is 4.57 Å². The Balaban J connectivity index is 2.95. The fourth-order valence-electron chi connectivity index (χ4n) is 1.09. The molecule has 15 heavy (non-hydrogen) atoms. The molecule has 0 bridgehead atoms. The van der Waals surface area contributed by atoms with E-state index < -0.39 is 11.7 Å². The number of aromatic nitrogens is 1. The predicted octanol–water partition coefficient (Wildman–Crippen LogP) is 2.53. The first kappa shape index (κ1) is 12.3. The second-order valence-corrected chi connectivity index (χ2v) is 4.93. The van der Waals surface area contributed by atoms with Crippen LogP contribution in [0.3, 0.4) is 0 Å². The van der Waals surface area contributed by atoms with Crippen molar-refractivity contribution in [3.63, 3.8) is 0 Å². The second-order valence-electron chi connectivity index (χ2n) is 4.12. The zero-order valence-electron chi connectivity index (χ0n) is 8.95. The van der Waals surface area contributed by atoms with Crippen molar-refractivity contribution in [3.05, 3.63) is 22.4 Å². The van der Waals surface area contributed by atoms with Gasteiger partial charge < -0.3 is 9.84 Å². The van der Waals surface area contributed by atoms with Crippen LogP contribution in [0.2, 0.25) is 0 Å². The van der Waals surface area contributed by atoms with Gasteiger partial charge in [-0.2, -0.15) is 0 Å². The molecule has 0 amide bonds. The number of ether oxygens (including phenoxy) is 1. The normalized spacial score (nSPS) is 11.5. The lowest BCUT2D eigenvalue weighted by molar-refractivity contribution is 0.0522. The van der Waals surface area contributed by atoms with E-state index >= 15 is 0 Å². The molecule has 1 aromatic rings. The van der Waals surface area contributed by atoms with Crippen molar-refractivity contribution in [1.29, 1.82) is 0 Å². The van der Waals surface area contributed by atoms with Crippen LogP contribution in [-0.4, -0.2) is 21.4 Å². The van der Waals surface area contributed by atoms with Gasteiger partial charge in [-0.25, -0.2) is 9.36 Å². The van der Waals surface area contributed by atoms with Gasteiger partial charge in [-0.15, -0.1) is 0 Å².